The Bertz CT molecular complexity index is 508. The predicted octanol–water partition coefficient (Wildman–Crippen LogP) is 5.13. The third-order valence-electron chi connectivity index (χ3n) is 4.93. The van der Waals surface area contributed by atoms with Gasteiger partial charge in [0, 0.05) is 0 Å². The first-order valence-electron chi connectivity index (χ1n) is 8.20. The zero-order valence-electron chi connectivity index (χ0n) is 13.0. The van der Waals surface area contributed by atoms with Gasteiger partial charge in [0.25, 0.3) is 0 Å². The Morgan fingerprint density at radius 2 is 1.91 bits per heavy atom. The highest BCUT2D eigenvalue weighted by atomic mass is 19.2. The van der Waals surface area contributed by atoms with E-state index in [9.17, 15) is 13.6 Å². The van der Waals surface area contributed by atoms with E-state index in [1.165, 1.54) is 12.1 Å². The summed E-state index contributed by atoms with van der Waals surface area (Å²) < 4.78 is 26.7. The van der Waals surface area contributed by atoms with Crippen molar-refractivity contribution < 1.29 is 18.7 Å². The van der Waals surface area contributed by atoms with Crippen molar-refractivity contribution in [2.75, 3.05) is 0 Å². The smallest absolute Gasteiger partial charge is 0.306 e. The van der Waals surface area contributed by atoms with E-state index in [2.05, 4.69) is 6.92 Å². The van der Waals surface area contributed by atoms with Gasteiger partial charge in [-0.1, -0.05) is 25.8 Å². The van der Waals surface area contributed by atoms with Crippen LogP contribution in [0.1, 0.15) is 63.4 Å². The molecule has 1 saturated carbocycles. The molecule has 1 aromatic rings. The maximum atomic E-state index is 13.5. The molecule has 0 saturated heterocycles. The molecule has 0 aromatic heterocycles. The van der Waals surface area contributed by atoms with Crippen molar-refractivity contribution in [3.05, 3.63) is 35.4 Å². The first-order valence-corrected chi connectivity index (χ1v) is 8.20. The first kappa shape index (κ1) is 16.9. The molecule has 1 aliphatic carbocycles. The molecule has 122 valence electrons. The van der Waals surface area contributed by atoms with Gasteiger partial charge in [-0.25, -0.2) is 8.78 Å². The minimum absolute atomic E-state index is 0.199. The number of carbonyl (C=O) groups is 1. The highest BCUT2D eigenvalue weighted by Crippen LogP contribution is 2.41. The van der Waals surface area contributed by atoms with Crippen LogP contribution < -0.4 is 0 Å². The maximum Gasteiger partial charge on any atom is 0.306 e. The number of carboxylic acid groups (broad SMARTS) is 1. The van der Waals surface area contributed by atoms with Gasteiger partial charge in [0.05, 0.1) is 5.92 Å². The Labute approximate surface area is 130 Å². The van der Waals surface area contributed by atoms with Gasteiger partial charge in [0.15, 0.2) is 11.6 Å². The lowest BCUT2D eigenvalue weighted by Gasteiger charge is -2.33. The minimum Gasteiger partial charge on any atom is -0.481 e. The van der Waals surface area contributed by atoms with Crippen LogP contribution >= 0.6 is 0 Å². The van der Waals surface area contributed by atoms with Gasteiger partial charge in [-0.05, 0) is 61.6 Å². The zero-order chi connectivity index (χ0) is 16.1. The maximum absolute atomic E-state index is 13.5. The average molecular weight is 310 g/mol. The molecule has 2 nitrogen and oxygen atoms in total. The second-order valence-corrected chi connectivity index (χ2v) is 6.37. The van der Waals surface area contributed by atoms with Crippen molar-refractivity contribution >= 4 is 5.97 Å². The normalized spacial score (nSPS) is 23.2. The number of carboxylic acids is 1. The predicted molar refractivity (Wildman–Crippen MR) is 81.7 cm³/mol. The summed E-state index contributed by atoms with van der Waals surface area (Å²) in [5.41, 5.74) is 0.853. The van der Waals surface area contributed by atoms with E-state index >= 15 is 0 Å². The molecule has 0 aliphatic heterocycles. The van der Waals surface area contributed by atoms with Crippen LogP contribution in [0, 0.1) is 23.5 Å². The molecule has 1 fully saturated rings. The number of hydrogen-bond donors (Lipinski definition) is 1. The van der Waals surface area contributed by atoms with E-state index in [4.69, 9.17) is 5.11 Å². The van der Waals surface area contributed by atoms with E-state index in [1.54, 1.807) is 6.07 Å². The van der Waals surface area contributed by atoms with Gasteiger partial charge in [-0.2, -0.15) is 0 Å². The number of unbranched alkanes of at least 4 members (excludes halogenated alkanes) is 1. The molecule has 1 aliphatic rings. The second-order valence-electron chi connectivity index (χ2n) is 6.37. The lowest BCUT2D eigenvalue weighted by Crippen LogP contribution is -2.25. The van der Waals surface area contributed by atoms with E-state index in [1.807, 2.05) is 0 Å². The van der Waals surface area contributed by atoms with Crippen LogP contribution in [-0.4, -0.2) is 11.1 Å². The molecule has 0 radical (unpaired) electrons. The molecule has 1 aromatic carbocycles. The Kier molecular flexibility index (Phi) is 5.92. The molecule has 0 heterocycles. The van der Waals surface area contributed by atoms with E-state index in [0.717, 1.165) is 37.7 Å². The van der Waals surface area contributed by atoms with E-state index < -0.39 is 17.6 Å². The first-order chi connectivity index (χ1) is 10.5. The van der Waals surface area contributed by atoms with E-state index in [-0.39, 0.29) is 11.8 Å². The summed E-state index contributed by atoms with van der Waals surface area (Å²) in [5.74, 6) is -1.99. The summed E-state index contributed by atoms with van der Waals surface area (Å²) in [5, 5.41) is 9.10. The van der Waals surface area contributed by atoms with Crippen LogP contribution in [0.2, 0.25) is 0 Å². The average Bonchev–Trinajstić information content (AvgIpc) is 2.51. The van der Waals surface area contributed by atoms with Crippen molar-refractivity contribution in [2.24, 2.45) is 11.8 Å². The minimum atomic E-state index is -0.812. The molecule has 0 amide bonds. The number of rotatable bonds is 6. The standard InChI is InChI=1S/C18H24F2O2/c1-2-3-4-15(14-9-10-16(19)17(20)11-14)12-5-7-13(8-6-12)18(21)22/h9-13,15H,2-8H2,1H3,(H,21,22). The van der Waals surface area contributed by atoms with Gasteiger partial charge in [-0.3, -0.25) is 4.79 Å². The zero-order valence-corrected chi connectivity index (χ0v) is 13.0. The SMILES string of the molecule is CCCCC(c1ccc(F)c(F)c1)C1CCC(C(=O)O)CC1. The van der Waals surface area contributed by atoms with Gasteiger partial charge >= 0.3 is 5.97 Å². The molecule has 22 heavy (non-hydrogen) atoms. The summed E-state index contributed by atoms with van der Waals surface area (Å²) in [6.45, 7) is 2.11. The molecule has 2 rings (SSSR count). The van der Waals surface area contributed by atoms with Gasteiger partial charge in [-0.15, -0.1) is 0 Å². The molecular formula is C18H24F2O2. The van der Waals surface area contributed by atoms with Gasteiger partial charge < -0.3 is 5.11 Å². The monoisotopic (exact) mass is 310 g/mol. The fourth-order valence-corrected chi connectivity index (χ4v) is 3.61. The highest BCUT2D eigenvalue weighted by Gasteiger charge is 2.31. The third kappa shape index (κ3) is 4.05. The van der Waals surface area contributed by atoms with E-state index in [0.29, 0.717) is 18.8 Å². The molecule has 0 bridgehead atoms. The van der Waals surface area contributed by atoms with Crippen LogP contribution in [0.4, 0.5) is 8.78 Å². The highest BCUT2D eigenvalue weighted by molar-refractivity contribution is 5.70. The number of hydrogen-bond acceptors (Lipinski definition) is 1. The number of halogens is 2. The Balaban J connectivity index is 2.12. The fourth-order valence-electron chi connectivity index (χ4n) is 3.61. The lowest BCUT2D eigenvalue weighted by atomic mass is 9.72. The Hall–Kier alpha value is -1.45. The van der Waals surface area contributed by atoms with Crippen molar-refractivity contribution in [1.29, 1.82) is 0 Å². The van der Waals surface area contributed by atoms with Crippen molar-refractivity contribution in [3.8, 4) is 0 Å². The van der Waals surface area contributed by atoms with Crippen LogP contribution in [0.3, 0.4) is 0 Å². The van der Waals surface area contributed by atoms with Crippen LogP contribution in [0.5, 0.6) is 0 Å². The molecule has 1 atom stereocenters. The van der Waals surface area contributed by atoms with Crippen LogP contribution in [0.25, 0.3) is 0 Å². The lowest BCUT2D eigenvalue weighted by molar-refractivity contribution is -0.143. The van der Waals surface area contributed by atoms with Crippen molar-refractivity contribution in [3.63, 3.8) is 0 Å². The Morgan fingerprint density at radius 1 is 1.23 bits per heavy atom. The largest absolute Gasteiger partial charge is 0.481 e. The third-order valence-corrected chi connectivity index (χ3v) is 4.93. The summed E-state index contributed by atoms with van der Waals surface area (Å²) >= 11 is 0. The molecular weight excluding hydrogens is 286 g/mol. The summed E-state index contributed by atoms with van der Waals surface area (Å²) in [6, 6.07) is 4.20. The number of aliphatic carboxylic acids is 1. The summed E-state index contributed by atoms with van der Waals surface area (Å²) in [7, 11) is 0. The van der Waals surface area contributed by atoms with Crippen LogP contribution in [-0.2, 0) is 4.79 Å². The van der Waals surface area contributed by atoms with Crippen LogP contribution in [0.15, 0.2) is 18.2 Å². The molecule has 1 unspecified atom stereocenters. The number of benzene rings is 1. The molecule has 0 spiro atoms. The Morgan fingerprint density at radius 3 is 2.45 bits per heavy atom. The molecule has 1 N–H and O–H groups in total. The molecule has 4 heteroatoms. The topological polar surface area (TPSA) is 37.3 Å². The summed E-state index contributed by atoms with van der Waals surface area (Å²) in [6.07, 6.45) is 6.13. The van der Waals surface area contributed by atoms with Gasteiger partial charge in [0.2, 0.25) is 0 Å². The summed E-state index contributed by atoms with van der Waals surface area (Å²) in [4.78, 5) is 11.1. The van der Waals surface area contributed by atoms with Crippen molar-refractivity contribution in [2.45, 2.75) is 57.8 Å². The second kappa shape index (κ2) is 7.70. The van der Waals surface area contributed by atoms with Gasteiger partial charge in [0.1, 0.15) is 0 Å². The van der Waals surface area contributed by atoms with Crippen molar-refractivity contribution in [1.82, 2.24) is 0 Å². The quantitative estimate of drug-likeness (QED) is 0.791. The fraction of sp³-hybridized carbons (Fsp3) is 0.611.